The fourth-order valence-electron chi connectivity index (χ4n) is 1.27. The van der Waals surface area contributed by atoms with Gasteiger partial charge in [-0.05, 0) is 30.3 Å². The predicted octanol–water partition coefficient (Wildman–Crippen LogP) is 4.87. The largest absolute Gasteiger partial charge is 0.454 e. The van der Waals surface area contributed by atoms with E-state index in [9.17, 15) is 4.39 Å². The van der Waals surface area contributed by atoms with E-state index in [4.69, 9.17) is 10.1 Å². The normalized spacial score (nSPS) is 9.71. The van der Waals surface area contributed by atoms with E-state index < -0.39 is 5.82 Å². The molecule has 2 aromatic carbocycles. The van der Waals surface area contributed by atoms with Crippen LogP contribution in [0.25, 0.3) is 4.98 Å². The van der Waals surface area contributed by atoms with Crippen molar-refractivity contribution in [2.75, 3.05) is 0 Å². The predicted molar refractivity (Wildman–Crippen MR) is 65.4 cm³/mol. The molecule has 2 aromatic rings. The van der Waals surface area contributed by atoms with Crippen LogP contribution >= 0.6 is 15.9 Å². The van der Waals surface area contributed by atoms with Crippen molar-refractivity contribution in [3.05, 3.63) is 57.7 Å². The summed E-state index contributed by atoms with van der Waals surface area (Å²) in [5.41, 5.74) is 0.411. The zero-order chi connectivity index (χ0) is 12.3. The van der Waals surface area contributed by atoms with Crippen molar-refractivity contribution in [1.82, 2.24) is 0 Å². The highest BCUT2D eigenvalue weighted by Gasteiger charge is 2.07. The van der Waals surface area contributed by atoms with Gasteiger partial charge in [0.1, 0.15) is 5.75 Å². The topological polar surface area (TPSA) is 37.4 Å². The number of nitrogens with zero attached hydrogens (tertiary/aromatic N) is 2. The van der Waals surface area contributed by atoms with Gasteiger partial charge >= 0.3 is 5.69 Å². The van der Waals surface area contributed by atoms with Crippen LogP contribution in [0.15, 0.2) is 46.9 Å². The second kappa shape index (κ2) is 4.93. The van der Waals surface area contributed by atoms with Crippen molar-refractivity contribution in [3.63, 3.8) is 0 Å². The smallest absolute Gasteiger partial charge is 0.385 e. The third kappa shape index (κ3) is 2.80. The summed E-state index contributed by atoms with van der Waals surface area (Å²) in [4.78, 5) is 3.01. The third-order valence-corrected chi connectivity index (χ3v) is 2.57. The fraction of sp³-hybridized carbons (Fsp3) is 0. The fourth-order valence-corrected chi connectivity index (χ4v) is 1.60. The second-order valence-corrected chi connectivity index (χ2v) is 4.19. The van der Waals surface area contributed by atoms with E-state index in [1.807, 2.05) is 0 Å². The van der Waals surface area contributed by atoms with E-state index in [1.54, 1.807) is 30.3 Å². The molecular formula is C12H7BrFN2O+. The van der Waals surface area contributed by atoms with E-state index >= 15 is 0 Å². The minimum Gasteiger partial charge on any atom is -0.454 e. The summed E-state index contributed by atoms with van der Waals surface area (Å²) in [6.45, 7) is 0. The van der Waals surface area contributed by atoms with Gasteiger partial charge in [0.15, 0.2) is 16.5 Å². The molecule has 0 aliphatic rings. The van der Waals surface area contributed by atoms with Gasteiger partial charge in [0.25, 0.3) is 0 Å². The molecule has 84 valence electrons. The zero-order valence-corrected chi connectivity index (χ0v) is 10.2. The van der Waals surface area contributed by atoms with Gasteiger partial charge in [0.2, 0.25) is 5.39 Å². The minimum absolute atomic E-state index is 0.141. The van der Waals surface area contributed by atoms with E-state index in [0.29, 0.717) is 15.9 Å². The molecule has 0 spiro atoms. The molecule has 3 nitrogen and oxygen atoms in total. The maximum Gasteiger partial charge on any atom is 0.385 e. The van der Waals surface area contributed by atoms with E-state index in [1.165, 1.54) is 12.1 Å². The highest BCUT2D eigenvalue weighted by Crippen LogP contribution is 2.27. The Morgan fingerprint density at radius 3 is 2.41 bits per heavy atom. The standard InChI is InChI=1S/C12H7BrFN2O/c13-8-1-6-12(11(14)7-8)17-10-4-2-9(16-15)3-5-10/h1-7H/q+1. The van der Waals surface area contributed by atoms with Gasteiger partial charge in [-0.25, -0.2) is 4.39 Å². The molecule has 2 rings (SSSR count). The first-order valence-electron chi connectivity index (χ1n) is 4.77. The average molecular weight is 294 g/mol. The van der Waals surface area contributed by atoms with Crippen LogP contribution in [-0.2, 0) is 0 Å². The summed E-state index contributed by atoms with van der Waals surface area (Å²) in [5, 5.41) is 8.51. The molecule has 0 saturated carbocycles. The molecule has 0 aliphatic carbocycles. The van der Waals surface area contributed by atoms with Crippen LogP contribution in [0.4, 0.5) is 10.1 Å². The molecular weight excluding hydrogens is 287 g/mol. The first-order valence-corrected chi connectivity index (χ1v) is 5.56. The number of benzene rings is 2. The summed E-state index contributed by atoms with van der Waals surface area (Å²) < 4.78 is 19.5. The lowest BCUT2D eigenvalue weighted by molar-refractivity contribution is 0.442. The summed E-state index contributed by atoms with van der Waals surface area (Å²) in [6, 6.07) is 10.9. The monoisotopic (exact) mass is 293 g/mol. The molecule has 0 radical (unpaired) electrons. The molecule has 0 aromatic heterocycles. The highest BCUT2D eigenvalue weighted by molar-refractivity contribution is 9.10. The Morgan fingerprint density at radius 1 is 1.12 bits per heavy atom. The highest BCUT2D eigenvalue weighted by atomic mass is 79.9. The van der Waals surface area contributed by atoms with Gasteiger partial charge in [-0.2, -0.15) is 0 Å². The van der Waals surface area contributed by atoms with Crippen molar-refractivity contribution in [2.45, 2.75) is 0 Å². The Labute approximate surface area is 106 Å². The summed E-state index contributed by atoms with van der Waals surface area (Å²) >= 11 is 3.16. The average Bonchev–Trinajstić information content (AvgIpc) is 2.34. The van der Waals surface area contributed by atoms with Crippen molar-refractivity contribution >= 4 is 21.6 Å². The third-order valence-electron chi connectivity index (χ3n) is 2.07. The summed E-state index contributed by atoms with van der Waals surface area (Å²) in [7, 11) is 0. The van der Waals surface area contributed by atoms with Gasteiger partial charge in [-0.3, -0.25) is 0 Å². The number of hydrogen-bond donors (Lipinski definition) is 0. The quantitative estimate of drug-likeness (QED) is 0.741. The maximum absolute atomic E-state index is 13.5. The van der Waals surface area contributed by atoms with Gasteiger partial charge in [0.05, 0.1) is 0 Å². The number of ether oxygens (including phenoxy) is 1. The van der Waals surface area contributed by atoms with Crippen molar-refractivity contribution in [2.24, 2.45) is 0 Å². The Balaban J connectivity index is 2.23. The lowest BCUT2D eigenvalue weighted by atomic mass is 10.3. The number of hydrogen-bond acceptors (Lipinski definition) is 2. The lowest BCUT2D eigenvalue weighted by Crippen LogP contribution is -1.87. The molecule has 0 aliphatic heterocycles. The molecule has 0 N–H and O–H groups in total. The Hall–Kier alpha value is -1.93. The van der Waals surface area contributed by atoms with E-state index in [2.05, 4.69) is 20.9 Å². The van der Waals surface area contributed by atoms with Crippen LogP contribution in [0.1, 0.15) is 0 Å². The van der Waals surface area contributed by atoms with Crippen molar-refractivity contribution in [1.29, 1.82) is 5.39 Å². The first-order chi connectivity index (χ1) is 8.19. The Bertz CT molecular complexity index is 578. The Morgan fingerprint density at radius 2 is 1.82 bits per heavy atom. The molecule has 0 amide bonds. The number of diazo groups is 1. The lowest BCUT2D eigenvalue weighted by Gasteiger charge is -2.05. The number of rotatable bonds is 2. The van der Waals surface area contributed by atoms with Crippen LogP contribution in [0.3, 0.4) is 0 Å². The molecule has 5 heteroatoms. The van der Waals surface area contributed by atoms with E-state index in [0.717, 1.165) is 0 Å². The van der Waals surface area contributed by atoms with Gasteiger partial charge in [-0.15, -0.1) is 0 Å². The molecule has 0 saturated heterocycles. The summed E-state index contributed by atoms with van der Waals surface area (Å²) in [5.74, 6) is 0.163. The molecule has 0 fully saturated rings. The zero-order valence-electron chi connectivity index (χ0n) is 8.60. The van der Waals surface area contributed by atoms with Crippen LogP contribution in [0.5, 0.6) is 11.5 Å². The second-order valence-electron chi connectivity index (χ2n) is 3.27. The molecule has 0 bridgehead atoms. The minimum atomic E-state index is -0.449. The molecule has 0 atom stereocenters. The molecule has 0 unspecified atom stereocenters. The number of halogens is 2. The van der Waals surface area contributed by atoms with Crippen LogP contribution < -0.4 is 4.74 Å². The Kier molecular flexibility index (Phi) is 3.35. The first kappa shape index (κ1) is 11.6. The van der Waals surface area contributed by atoms with Gasteiger partial charge in [0, 0.05) is 16.6 Å². The SMILES string of the molecule is N#[N+]c1ccc(Oc2ccc(Br)cc2F)cc1. The molecule has 17 heavy (non-hydrogen) atoms. The van der Waals surface area contributed by atoms with Crippen LogP contribution in [0, 0.1) is 11.2 Å². The van der Waals surface area contributed by atoms with Crippen LogP contribution in [0.2, 0.25) is 0 Å². The van der Waals surface area contributed by atoms with Crippen LogP contribution in [-0.4, -0.2) is 0 Å². The van der Waals surface area contributed by atoms with E-state index in [-0.39, 0.29) is 5.75 Å². The molecule has 0 heterocycles. The van der Waals surface area contributed by atoms with Crippen molar-refractivity contribution < 1.29 is 9.13 Å². The van der Waals surface area contributed by atoms with Crippen molar-refractivity contribution in [3.8, 4) is 11.5 Å². The summed E-state index contributed by atoms with van der Waals surface area (Å²) in [6.07, 6.45) is 0. The van der Waals surface area contributed by atoms with Gasteiger partial charge < -0.3 is 4.74 Å². The van der Waals surface area contributed by atoms with Gasteiger partial charge in [-0.1, -0.05) is 15.9 Å². The maximum atomic E-state index is 13.5.